The average Bonchev–Trinajstić information content (AvgIpc) is 2.40. The number of anilines is 1. The minimum atomic E-state index is -0.240. The van der Waals surface area contributed by atoms with E-state index in [2.05, 4.69) is 48.9 Å². The summed E-state index contributed by atoms with van der Waals surface area (Å²) in [4.78, 5) is 4.71. The fraction of sp³-hybridized carbons (Fsp3) is 0.471. The van der Waals surface area contributed by atoms with Crippen molar-refractivity contribution < 1.29 is 4.39 Å². The first-order valence-corrected chi connectivity index (χ1v) is 8.08. The number of aryl methyl sites for hydroxylation is 1. The van der Waals surface area contributed by atoms with Crippen molar-refractivity contribution in [2.45, 2.75) is 46.5 Å². The normalized spacial score (nSPS) is 12.0. The molecular weight excluding hydrogens is 331 g/mol. The predicted octanol–water partition coefficient (Wildman–Crippen LogP) is 5.56. The van der Waals surface area contributed by atoms with Crippen molar-refractivity contribution in [2.75, 3.05) is 11.9 Å². The van der Waals surface area contributed by atoms with E-state index >= 15 is 0 Å². The second-order valence-electron chi connectivity index (χ2n) is 6.45. The van der Waals surface area contributed by atoms with Crippen LogP contribution in [-0.4, -0.2) is 11.5 Å². The molecule has 0 aliphatic rings. The van der Waals surface area contributed by atoms with E-state index in [1.165, 1.54) is 0 Å². The molecule has 0 fully saturated rings. The van der Waals surface area contributed by atoms with Gasteiger partial charge in [-0.05, 0) is 52.4 Å². The van der Waals surface area contributed by atoms with E-state index in [1.54, 1.807) is 6.07 Å². The summed E-state index contributed by atoms with van der Waals surface area (Å²) in [7, 11) is 0. The maximum Gasteiger partial charge on any atom is 0.146 e. The van der Waals surface area contributed by atoms with Gasteiger partial charge in [0.05, 0.1) is 9.99 Å². The number of aromatic nitrogens is 1. The monoisotopic (exact) mass is 352 g/mol. The number of nitrogens with one attached hydrogen (secondary N) is 1. The number of benzene rings is 1. The smallest absolute Gasteiger partial charge is 0.146 e. The Morgan fingerprint density at radius 2 is 1.95 bits per heavy atom. The molecule has 1 heterocycles. The van der Waals surface area contributed by atoms with Crippen molar-refractivity contribution in [1.29, 1.82) is 0 Å². The molecule has 1 aromatic carbocycles. The third kappa shape index (κ3) is 3.20. The molecule has 0 radical (unpaired) electrons. The van der Waals surface area contributed by atoms with Crippen molar-refractivity contribution in [1.82, 2.24) is 4.98 Å². The van der Waals surface area contributed by atoms with Crippen LogP contribution in [0.25, 0.3) is 10.9 Å². The maximum absolute atomic E-state index is 14.4. The second kappa shape index (κ2) is 5.91. The molecule has 114 valence electrons. The molecule has 0 saturated carbocycles. The molecule has 0 unspecified atom stereocenters. The standard InChI is InChI=1S/C17H22BrFN2/c1-6-7-20-16-12(17(3,4)5)9-11-14(19)13(18)8-10(2)15(11)21-16/h8-9H,6-7H2,1-5H3,(H,20,21). The van der Waals surface area contributed by atoms with Gasteiger partial charge in [0.2, 0.25) is 0 Å². The van der Waals surface area contributed by atoms with Crippen LogP contribution >= 0.6 is 15.9 Å². The topological polar surface area (TPSA) is 24.9 Å². The Bertz CT molecular complexity index is 675. The third-order valence-electron chi connectivity index (χ3n) is 3.54. The summed E-state index contributed by atoms with van der Waals surface area (Å²) in [5.41, 5.74) is 2.64. The van der Waals surface area contributed by atoms with Crippen LogP contribution in [0.3, 0.4) is 0 Å². The van der Waals surface area contributed by atoms with Crippen molar-refractivity contribution in [3.8, 4) is 0 Å². The highest BCUT2D eigenvalue weighted by Crippen LogP contribution is 2.35. The Morgan fingerprint density at radius 3 is 2.52 bits per heavy atom. The first-order chi connectivity index (χ1) is 9.75. The first-order valence-electron chi connectivity index (χ1n) is 7.29. The van der Waals surface area contributed by atoms with Gasteiger partial charge in [-0.15, -0.1) is 0 Å². The molecule has 0 saturated heterocycles. The molecule has 0 spiro atoms. The summed E-state index contributed by atoms with van der Waals surface area (Å²) in [6.45, 7) is 11.3. The molecule has 0 atom stereocenters. The predicted molar refractivity (Wildman–Crippen MR) is 91.6 cm³/mol. The van der Waals surface area contributed by atoms with Crippen LogP contribution < -0.4 is 5.32 Å². The summed E-state index contributed by atoms with van der Waals surface area (Å²) >= 11 is 3.28. The minimum absolute atomic E-state index is 0.0973. The molecule has 1 N–H and O–H groups in total. The molecule has 21 heavy (non-hydrogen) atoms. The van der Waals surface area contributed by atoms with Crippen LogP contribution in [0.5, 0.6) is 0 Å². The highest BCUT2D eigenvalue weighted by molar-refractivity contribution is 9.10. The van der Waals surface area contributed by atoms with Gasteiger partial charge in [0.1, 0.15) is 11.6 Å². The van der Waals surface area contributed by atoms with Gasteiger partial charge in [-0.25, -0.2) is 9.37 Å². The van der Waals surface area contributed by atoms with Gasteiger partial charge in [0.15, 0.2) is 0 Å². The lowest BCUT2D eigenvalue weighted by Crippen LogP contribution is -2.17. The van der Waals surface area contributed by atoms with Gasteiger partial charge < -0.3 is 5.32 Å². The fourth-order valence-electron chi connectivity index (χ4n) is 2.38. The molecule has 2 aromatic rings. The Balaban J connectivity index is 2.77. The summed E-state index contributed by atoms with van der Waals surface area (Å²) in [5, 5.41) is 3.96. The SMILES string of the molecule is CCCNc1nc2c(C)cc(Br)c(F)c2cc1C(C)(C)C. The lowest BCUT2D eigenvalue weighted by atomic mass is 9.86. The molecule has 4 heteroatoms. The molecule has 1 aromatic heterocycles. The highest BCUT2D eigenvalue weighted by Gasteiger charge is 2.22. The van der Waals surface area contributed by atoms with Crippen LogP contribution in [0.4, 0.5) is 10.2 Å². The van der Waals surface area contributed by atoms with E-state index < -0.39 is 0 Å². The lowest BCUT2D eigenvalue weighted by molar-refractivity contribution is 0.588. The third-order valence-corrected chi connectivity index (χ3v) is 4.11. The van der Waals surface area contributed by atoms with Crippen LogP contribution in [0.1, 0.15) is 45.2 Å². The summed E-state index contributed by atoms with van der Waals surface area (Å²) in [6, 6.07) is 3.72. The zero-order valence-corrected chi connectivity index (χ0v) is 14.9. The molecule has 0 aliphatic heterocycles. The first kappa shape index (κ1) is 16.2. The van der Waals surface area contributed by atoms with E-state index in [0.29, 0.717) is 9.86 Å². The van der Waals surface area contributed by atoms with E-state index in [4.69, 9.17) is 4.98 Å². The van der Waals surface area contributed by atoms with Gasteiger partial charge in [-0.3, -0.25) is 0 Å². The molecule has 2 rings (SSSR count). The van der Waals surface area contributed by atoms with Crippen LogP contribution in [0.15, 0.2) is 16.6 Å². The number of nitrogens with zero attached hydrogens (tertiary/aromatic N) is 1. The van der Waals surface area contributed by atoms with E-state index in [-0.39, 0.29) is 11.2 Å². The zero-order valence-electron chi connectivity index (χ0n) is 13.3. The average molecular weight is 353 g/mol. The van der Waals surface area contributed by atoms with Gasteiger partial charge in [0.25, 0.3) is 0 Å². The summed E-state index contributed by atoms with van der Waals surface area (Å²) < 4.78 is 14.9. The Kier molecular flexibility index (Phi) is 4.57. The maximum atomic E-state index is 14.4. The van der Waals surface area contributed by atoms with Crippen LogP contribution in [-0.2, 0) is 5.41 Å². The quantitative estimate of drug-likeness (QED) is 0.781. The van der Waals surface area contributed by atoms with Crippen molar-refractivity contribution >= 4 is 32.7 Å². The van der Waals surface area contributed by atoms with Crippen molar-refractivity contribution in [2.24, 2.45) is 0 Å². The Hall–Kier alpha value is -1.16. The van der Waals surface area contributed by atoms with Gasteiger partial charge in [-0.2, -0.15) is 0 Å². The van der Waals surface area contributed by atoms with Crippen LogP contribution in [0.2, 0.25) is 0 Å². The number of rotatable bonds is 3. The number of fused-ring (bicyclic) bond motifs is 1. The van der Waals surface area contributed by atoms with Crippen molar-refractivity contribution in [3.05, 3.63) is 33.5 Å². The Labute approximate surface area is 134 Å². The highest BCUT2D eigenvalue weighted by atomic mass is 79.9. The molecule has 2 nitrogen and oxygen atoms in total. The molecule has 0 bridgehead atoms. The lowest BCUT2D eigenvalue weighted by Gasteiger charge is -2.24. The minimum Gasteiger partial charge on any atom is -0.370 e. The number of hydrogen-bond donors (Lipinski definition) is 1. The van der Waals surface area contributed by atoms with Gasteiger partial charge in [-0.1, -0.05) is 27.7 Å². The van der Waals surface area contributed by atoms with Gasteiger partial charge in [0, 0.05) is 17.5 Å². The Morgan fingerprint density at radius 1 is 1.29 bits per heavy atom. The van der Waals surface area contributed by atoms with E-state index in [0.717, 1.165) is 35.4 Å². The van der Waals surface area contributed by atoms with Crippen LogP contribution in [0, 0.1) is 12.7 Å². The molecule has 0 amide bonds. The van der Waals surface area contributed by atoms with Gasteiger partial charge >= 0.3 is 0 Å². The fourth-order valence-corrected chi connectivity index (χ4v) is 2.94. The van der Waals surface area contributed by atoms with Crippen molar-refractivity contribution in [3.63, 3.8) is 0 Å². The number of hydrogen-bond acceptors (Lipinski definition) is 2. The number of pyridine rings is 1. The largest absolute Gasteiger partial charge is 0.370 e. The van der Waals surface area contributed by atoms with E-state index in [9.17, 15) is 4.39 Å². The summed E-state index contributed by atoms with van der Waals surface area (Å²) in [6.07, 6.45) is 1.02. The number of halogens is 2. The molecular formula is C17H22BrFN2. The molecule has 0 aliphatic carbocycles. The summed E-state index contributed by atoms with van der Waals surface area (Å²) in [5.74, 6) is 0.623. The second-order valence-corrected chi connectivity index (χ2v) is 7.30. The van der Waals surface area contributed by atoms with E-state index in [1.807, 2.05) is 13.0 Å². The zero-order chi connectivity index (χ0) is 15.8.